The third-order valence-electron chi connectivity index (χ3n) is 6.62. The first-order valence-corrected chi connectivity index (χ1v) is 12.8. The van der Waals surface area contributed by atoms with Crippen molar-refractivity contribution in [2.24, 2.45) is 5.92 Å². The summed E-state index contributed by atoms with van der Waals surface area (Å²) in [5.41, 5.74) is 0. The first-order valence-electron chi connectivity index (χ1n) is 11.4. The molecular formula is C22H33N3O5S. The Morgan fingerprint density at radius 2 is 1.77 bits per heavy atom. The Hall–Kier alpha value is -1.84. The van der Waals surface area contributed by atoms with Crippen molar-refractivity contribution in [1.82, 2.24) is 14.5 Å². The fourth-order valence-electron chi connectivity index (χ4n) is 4.69. The number of nitrogens with zero attached hydrogens (tertiary/aromatic N) is 2. The van der Waals surface area contributed by atoms with Gasteiger partial charge >= 0.3 is 0 Å². The Morgan fingerprint density at radius 3 is 2.45 bits per heavy atom. The van der Waals surface area contributed by atoms with Gasteiger partial charge in [0.25, 0.3) is 0 Å². The Kier molecular flexibility index (Phi) is 7.03. The lowest BCUT2D eigenvalue weighted by molar-refractivity contribution is -0.126. The molecule has 0 saturated carbocycles. The maximum atomic E-state index is 13.1. The van der Waals surface area contributed by atoms with Crippen LogP contribution in [0.2, 0.25) is 0 Å². The maximum Gasteiger partial charge on any atom is 0.243 e. The number of hydrogen-bond donors (Lipinski definition) is 1. The van der Waals surface area contributed by atoms with Crippen molar-refractivity contribution in [1.29, 1.82) is 0 Å². The minimum Gasteiger partial charge on any atom is -0.486 e. The molecule has 1 atom stereocenters. The molecule has 1 aromatic carbocycles. The molecule has 172 valence electrons. The second kappa shape index (κ2) is 9.75. The van der Waals surface area contributed by atoms with Gasteiger partial charge in [-0.1, -0.05) is 6.92 Å². The number of benzene rings is 1. The van der Waals surface area contributed by atoms with E-state index in [4.69, 9.17) is 9.47 Å². The summed E-state index contributed by atoms with van der Waals surface area (Å²) in [5, 5.41) is 3.12. The average Bonchev–Trinajstić information content (AvgIpc) is 3.34. The molecule has 9 heteroatoms. The molecule has 1 aromatic rings. The van der Waals surface area contributed by atoms with Crippen LogP contribution in [-0.4, -0.2) is 75.5 Å². The van der Waals surface area contributed by atoms with Crippen LogP contribution in [0.3, 0.4) is 0 Å². The second-order valence-electron chi connectivity index (χ2n) is 8.53. The quantitative estimate of drug-likeness (QED) is 0.681. The molecule has 3 aliphatic heterocycles. The minimum atomic E-state index is -3.63. The van der Waals surface area contributed by atoms with E-state index >= 15 is 0 Å². The van der Waals surface area contributed by atoms with Crippen molar-refractivity contribution < 1.29 is 22.7 Å². The van der Waals surface area contributed by atoms with Gasteiger partial charge in [-0.25, -0.2) is 8.42 Å². The zero-order valence-corrected chi connectivity index (χ0v) is 19.0. The molecule has 0 radical (unpaired) electrons. The van der Waals surface area contributed by atoms with Crippen LogP contribution >= 0.6 is 0 Å². The summed E-state index contributed by atoms with van der Waals surface area (Å²) in [6.45, 7) is 6.63. The number of fused-ring (bicyclic) bond motifs is 1. The number of sulfonamides is 1. The predicted octanol–water partition coefficient (Wildman–Crippen LogP) is 1.85. The van der Waals surface area contributed by atoms with Gasteiger partial charge in [0, 0.05) is 37.7 Å². The second-order valence-corrected chi connectivity index (χ2v) is 10.5. The SMILES string of the molecule is CCC(CNC(=O)C1CCN(S(=O)(=O)c2ccc3c(c2)OCCO3)CC1)N1CCCC1. The van der Waals surface area contributed by atoms with Crippen LogP contribution in [0.25, 0.3) is 0 Å². The van der Waals surface area contributed by atoms with Crippen LogP contribution in [0.5, 0.6) is 11.5 Å². The molecule has 2 saturated heterocycles. The summed E-state index contributed by atoms with van der Waals surface area (Å²) in [6, 6.07) is 5.13. The molecule has 1 amide bonds. The summed E-state index contributed by atoms with van der Waals surface area (Å²) < 4.78 is 38.6. The highest BCUT2D eigenvalue weighted by atomic mass is 32.2. The molecule has 8 nitrogen and oxygen atoms in total. The third kappa shape index (κ3) is 4.99. The maximum absolute atomic E-state index is 13.1. The van der Waals surface area contributed by atoms with Crippen LogP contribution < -0.4 is 14.8 Å². The summed E-state index contributed by atoms with van der Waals surface area (Å²) in [7, 11) is -3.63. The van der Waals surface area contributed by atoms with Gasteiger partial charge in [-0.3, -0.25) is 9.69 Å². The Bertz CT molecular complexity index is 877. The zero-order valence-electron chi connectivity index (χ0n) is 18.2. The number of carbonyl (C=O) groups excluding carboxylic acids is 1. The normalized spacial score (nSPS) is 21.7. The largest absolute Gasteiger partial charge is 0.486 e. The molecule has 0 spiro atoms. The first-order chi connectivity index (χ1) is 15.0. The first kappa shape index (κ1) is 22.4. The standard InChI is InChI=1S/C22H33N3O5S/c1-2-18(24-9-3-4-10-24)16-23-22(26)17-7-11-25(12-8-17)31(27,28)19-5-6-20-21(15-19)30-14-13-29-20/h5-6,15,17-18H,2-4,7-14,16H2,1H3,(H,23,26). The molecule has 3 heterocycles. The number of ether oxygens (including phenoxy) is 2. The predicted molar refractivity (Wildman–Crippen MR) is 117 cm³/mol. The van der Waals surface area contributed by atoms with Crippen molar-refractivity contribution >= 4 is 15.9 Å². The number of amides is 1. The fourth-order valence-corrected chi connectivity index (χ4v) is 6.18. The number of rotatable bonds is 7. The van der Waals surface area contributed by atoms with Crippen molar-refractivity contribution in [3.63, 3.8) is 0 Å². The number of piperidine rings is 1. The van der Waals surface area contributed by atoms with Gasteiger partial charge in [0.2, 0.25) is 15.9 Å². The zero-order chi connectivity index (χ0) is 21.8. The van der Waals surface area contributed by atoms with Gasteiger partial charge in [0.15, 0.2) is 11.5 Å². The summed E-state index contributed by atoms with van der Waals surface area (Å²) in [5.74, 6) is 0.946. The fraction of sp³-hybridized carbons (Fsp3) is 0.682. The molecule has 1 N–H and O–H groups in total. The molecule has 1 unspecified atom stereocenters. The Morgan fingerprint density at radius 1 is 1.10 bits per heavy atom. The van der Waals surface area contributed by atoms with Crippen LogP contribution in [0.15, 0.2) is 23.1 Å². The minimum absolute atomic E-state index is 0.0500. The van der Waals surface area contributed by atoms with Gasteiger partial charge in [0.1, 0.15) is 13.2 Å². The van der Waals surface area contributed by atoms with Crippen LogP contribution in [-0.2, 0) is 14.8 Å². The molecular weight excluding hydrogens is 418 g/mol. The molecule has 0 bridgehead atoms. The van der Waals surface area contributed by atoms with Crippen LogP contribution in [0.1, 0.15) is 39.0 Å². The molecule has 0 aliphatic carbocycles. The third-order valence-corrected chi connectivity index (χ3v) is 8.51. The van der Waals surface area contributed by atoms with Gasteiger partial charge in [0.05, 0.1) is 4.90 Å². The van der Waals surface area contributed by atoms with E-state index in [-0.39, 0.29) is 16.7 Å². The van der Waals surface area contributed by atoms with Crippen molar-refractivity contribution in [2.75, 3.05) is 45.9 Å². The van der Waals surface area contributed by atoms with E-state index in [0.717, 1.165) is 19.5 Å². The van der Waals surface area contributed by atoms with E-state index in [0.29, 0.717) is 63.2 Å². The van der Waals surface area contributed by atoms with Gasteiger partial charge in [-0.15, -0.1) is 0 Å². The number of hydrogen-bond acceptors (Lipinski definition) is 6. The molecule has 0 aromatic heterocycles. The molecule has 2 fully saturated rings. The van der Waals surface area contributed by atoms with Crippen molar-refractivity contribution in [3.8, 4) is 11.5 Å². The highest BCUT2D eigenvalue weighted by Crippen LogP contribution is 2.34. The van der Waals surface area contributed by atoms with Gasteiger partial charge in [-0.05, 0) is 57.3 Å². The monoisotopic (exact) mass is 451 g/mol. The molecule has 4 rings (SSSR count). The summed E-state index contributed by atoms with van der Waals surface area (Å²) >= 11 is 0. The highest BCUT2D eigenvalue weighted by molar-refractivity contribution is 7.89. The van der Waals surface area contributed by atoms with E-state index in [1.165, 1.54) is 23.2 Å². The lowest BCUT2D eigenvalue weighted by Crippen LogP contribution is -2.46. The van der Waals surface area contributed by atoms with E-state index < -0.39 is 10.0 Å². The topological polar surface area (TPSA) is 88.2 Å². The Labute approximate surface area is 184 Å². The lowest BCUT2D eigenvalue weighted by Gasteiger charge is -2.32. The summed E-state index contributed by atoms with van der Waals surface area (Å²) in [4.78, 5) is 15.4. The number of likely N-dealkylation sites (tertiary alicyclic amines) is 1. The number of carbonyl (C=O) groups is 1. The van der Waals surface area contributed by atoms with Gasteiger partial charge < -0.3 is 14.8 Å². The van der Waals surface area contributed by atoms with E-state index in [9.17, 15) is 13.2 Å². The number of nitrogens with one attached hydrogen (secondary N) is 1. The van der Waals surface area contributed by atoms with E-state index in [1.54, 1.807) is 12.1 Å². The average molecular weight is 452 g/mol. The lowest BCUT2D eigenvalue weighted by atomic mass is 9.97. The van der Waals surface area contributed by atoms with Crippen LogP contribution in [0, 0.1) is 5.92 Å². The van der Waals surface area contributed by atoms with Crippen molar-refractivity contribution in [3.05, 3.63) is 18.2 Å². The molecule has 31 heavy (non-hydrogen) atoms. The summed E-state index contributed by atoms with van der Waals surface area (Å²) in [6.07, 6.45) is 4.57. The van der Waals surface area contributed by atoms with Gasteiger partial charge in [-0.2, -0.15) is 4.31 Å². The molecule has 3 aliphatic rings. The van der Waals surface area contributed by atoms with Crippen LogP contribution in [0.4, 0.5) is 0 Å². The highest BCUT2D eigenvalue weighted by Gasteiger charge is 2.33. The van der Waals surface area contributed by atoms with Crippen molar-refractivity contribution in [2.45, 2.75) is 50.0 Å². The Balaban J connectivity index is 1.31. The van der Waals surface area contributed by atoms with E-state index in [1.807, 2.05) is 0 Å². The van der Waals surface area contributed by atoms with E-state index in [2.05, 4.69) is 17.1 Å². The smallest absolute Gasteiger partial charge is 0.243 e.